The number of nitrogens with two attached hydrogens (primary N) is 1. The first-order chi connectivity index (χ1) is 13.0. The molecule has 3 rings (SSSR count). The van der Waals surface area contributed by atoms with E-state index in [1.54, 1.807) is 23.2 Å². The first-order valence-corrected chi connectivity index (χ1v) is 9.37. The van der Waals surface area contributed by atoms with Crippen molar-refractivity contribution in [3.63, 3.8) is 0 Å². The number of aromatic nitrogens is 1. The first kappa shape index (κ1) is 19.0. The lowest BCUT2D eigenvalue weighted by molar-refractivity contribution is -0.137. The number of pyridine rings is 1. The van der Waals surface area contributed by atoms with E-state index in [0.29, 0.717) is 36.8 Å². The number of Topliss-reactive ketones (excluding diaryl/α,β-unsaturated/α-hetero) is 1. The van der Waals surface area contributed by atoms with Crippen LogP contribution in [0.1, 0.15) is 38.2 Å². The third-order valence-corrected chi connectivity index (χ3v) is 5.02. The van der Waals surface area contributed by atoms with Crippen molar-refractivity contribution < 1.29 is 19.8 Å². The number of anilines is 1. The molecule has 0 radical (unpaired) electrons. The number of hydrogen-bond donors (Lipinski definition) is 3. The minimum atomic E-state index is -0.407. The molecule has 144 valence electrons. The zero-order valence-electron chi connectivity index (χ0n) is 15.5. The van der Waals surface area contributed by atoms with Gasteiger partial charge in [0.2, 0.25) is 17.6 Å². The summed E-state index contributed by atoms with van der Waals surface area (Å²) in [5.74, 6) is 0.487. The number of ketones is 1. The van der Waals surface area contributed by atoms with Gasteiger partial charge in [0.25, 0.3) is 5.71 Å². The lowest BCUT2D eigenvalue weighted by atomic mass is 10.1. The molecule has 2 fully saturated rings. The molecular formula is C19H26N5O3+. The standard InChI is InChI=1S/C19H25N5O3/c1-12(25)17(20)14-4-2-8-21-18(14)22-11-16(26)24-9-3-5-15(24)19(27)23-10-13-6-7-13/h2,4,8,13,15,20H,3,5-7,9-11H2,1H3,(H,21,22)(H,23,27)/p+1/t15-/m0/s1. The number of carbonyl (C=O) groups is 3. The Kier molecular flexibility index (Phi) is 5.83. The van der Waals surface area contributed by atoms with Crippen LogP contribution in [0.15, 0.2) is 18.3 Å². The van der Waals surface area contributed by atoms with Crippen molar-refractivity contribution >= 4 is 29.1 Å². The van der Waals surface area contributed by atoms with Crippen molar-refractivity contribution in [1.82, 2.24) is 15.2 Å². The molecule has 4 N–H and O–H groups in total. The van der Waals surface area contributed by atoms with Crippen molar-refractivity contribution in [2.75, 3.05) is 25.0 Å². The van der Waals surface area contributed by atoms with Crippen LogP contribution >= 0.6 is 0 Å². The molecule has 0 bridgehead atoms. The number of nitrogens with zero attached hydrogens (tertiary/aromatic N) is 2. The summed E-state index contributed by atoms with van der Waals surface area (Å²) < 4.78 is 0. The summed E-state index contributed by atoms with van der Waals surface area (Å²) in [4.78, 5) is 42.4. The molecule has 8 heteroatoms. The third kappa shape index (κ3) is 4.69. The van der Waals surface area contributed by atoms with Crippen LogP contribution in [0.3, 0.4) is 0 Å². The van der Waals surface area contributed by atoms with E-state index in [1.165, 1.54) is 19.8 Å². The van der Waals surface area contributed by atoms with Crippen LogP contribution in [0.4, 0.5) is 5.82 Å². The molecule has 1 aliphatic heterocycles. The Hall–Kier alpha value is -2.77. The molecule has 8 nitrogen and oxygen atoms in total. The van der Waals surface area contributed by atoms with Gasteiger partial charge < -0.3 is 15.5 Å². The second kappa shape index (κ2) is 8.28. The summed E-state index contributed by atoms with van der Waals surface area (Å²) in [6, 6.07) is 2.95. The molecule has 0 spiro atoms. The molecule has 2 aliphatic rings. The van der Waals surface area contributed by atoms with E-state index in [-0.39, 0.29) is 29.9 Å². The maximum atomic E-state index is 12.6. The third-order valence-electron chi connectivity index (χ3n) is 5.02. The summed E-state index contributed by atoms with van der Waals surface area (Å²) in [6.45, 7) is 2.64. The Morgan fingerprint density at radius 1 is 1.30 bits per heavy atom. The van der Waals surface area contributed by atoms with Crippen molar-refractivity contribution in [3.8, 4) is 0 Å². The van der Waals surface area contributed by atoms with Gasteiger partial charge in [0.1, 0.15) is 11.9 Å². The van der Waals surface area contributed by atoms with Crippen molar-refractivity contribution in [3.05, 3.63) is 23.9 Å². The number of hydrogen-bond acceptors (Lipinski definition) is 5. The zero-order valence-corrected chi connectivity index (χ0v) is 15.5. The highest BCUT2D eigenvalue weighted by Crippen LogP contribution is 2.28. The van der Waals surface area contributed by atoms with Crippen LogP contribution in [0.5, 0.6) is 0 Å². The summed E-state index contributed by atoms with van der Waals surface area (Å²) in [6.07, 6.45) is 5.40. The van der Waals surface area contributed by atoms with Gasteiger partial charge in [-0.2, -0.15) is 0 Å². The van der Waals surface area contributed by atoms with Gasteiger partial charge >= 0.3 is 0 Å². The molecule has 1 aromatic rings. The zero-order chi connectivity index (χ0) is 19.4. The highest BCUT2D eigenvalue weighted by atomic mass is 16.2. The molecule has 1 atom stereocenters. The van der Waals surface area contributed by atoms with Crippen LogP contribution in [-0.2, 0) is 14.4 Å². The molecule has 2 heterocycles. The van der Waals surface area contributed by atoms with Crippen molar-refractivity contribution in [2.24, 2.45) is 5.92 Å². The largest absolute Gasteiger partial charge is 0.360 e. The van der Waals surface area contributed by atoms with Gasteiger partial charge in [-0.05, 0) is 43.7 Å². The summed E-state index contributed by atoms with van der Waals surface area (Å²) >= 11 is 0. The van der Waals surface area contributed by atoms with Crippen LogP contribution in [-0.4, -0.2) is 58.9 Å². The Morgan fingerprint density at radius 3 is 2.78 bits per heavy atom. The van der Waals surface area contributed by atoms with E-state index in [0.717, 1.165) is 6.42 Å². The summed E-state index contributed by atoms with van der Waals surface area (Å²) in [5, 5.41) is 11.7. The van der Waals surface area contributed by atoms with Crippen LogP contribution in [0.2, 0.25) is 0 Å². The number of rotatable bonds is 8. The van der Waals surface area contributed by atoms with Gasteiger partial charge in [0.15, 0.2) is 0 Å². The lowest BCUT2D eigenvalue weighted by Crippen LogP contribution is -2.48. The predicted octanol–water partition coefficient (Wildman–Crippen LogP) is -0.852. The molecule has 0 unspecified atom stereocenters. The number of amides is 2. The average molecular weight is 372 g/mol. The van der Waals surface area contributed by atoms with Crippen molar-refractivity contribution in [1.29, 1.82) is 0 Å². The Bertz CT molecular complexity index is 759. The van der Waals surface area contributed by atoms with E-state index in [9.17, 15) is 14.4 Å². The SMILES string of the molecule is CC(=O)C(=[NH2+])c1cccnc1NCC(=O)N1CCC[C@H]1C(=O)NCC1CC1. The van der Waals surface area contributed by atoms with Crippen LogP contribution in [0, 0.1) is 5.92 Å². The molecule has 1 aromatic heterocycles. The molecule has 27 heavy (non-hydrogen) atoms. The molecule has 0 aromatic carbocycles. The average Bonchev–Trinajstić information content (AvgIpc) is 3.37. The van der Waals surface area contributed by atoms with Gasteiger partial charge in [-0.25, -0.2) is 4.98 Å². The minimum Gasteiger partial charge on any atom is -0.360 e. The second-order valence-electron chi connectivity index (χ2n) is 7.16. The monoisotopic (exact) mass is 372 g/mol. The van der Waals surface area contributed by atoms with E-state index in [1.807, 2.05) is 0 Å². The molecular weight excluding hydrogens is 346 g/mol. The normalized spacial score (nSPS) is 18.9. The summed E-state index contributed by atoms with van der Waals surface area (Å²) in [7, 11) is 0. The minimum absolute atomic E-state index is 0.0123. The van der Waals surface area contributed by atoms with E-state index in [2.05, 4.69) is 15.6 Å². The van der Waals surface area contributed by atoms with E-state index < -0.39 is 6.04 Å². The second-order valence-corrected chi connectivity index (χ2v) is 7.16. The fourth-order valence-electron chi connectivity index (χ4n) is 3.24. The number of likely N-dealkylation sites (tertiary alicyclic amines) is 1. The van der Waals surface area contributed by atoms with Gasteiger partial charge in [-0.1, -0.05) is 0 Å². The molecule has 2 amide bonds. The van der Waals surface area contributed by atoms with Crippen molar-refractivity contribution in [2.45, 2.75) is 38.6 Å². The van der Waals surface area contributed by atoms with Crippen LogP contribution < -0.4 is 16.0 Å². The van der Waals surface area contributed by atoms with Gasteiger partial charge in [-0.15, -0.1) is 0 Å². The first-order valence-electron chi connectivity index (χ1n) is 9.37. The molecule has 1 aliphatic carbocycles. The Labute approximate surface area is 158 Å². The number of nitrogens with one attached hydrogen (secondary N) is 2. The quantitative estimate of drug-likeness (QED) is 0.514. The van der Waals surface area contributed by atoms with Crippen LogP contribution in [0.25, 0.3) is 0 Å². The van der Waals surface area contributed by atoms with Gasteiger partial charge in [0, 0.05) is 26.2 Å². The highest BCUT2D eigenvalue weighted by molar-refractivity contribution is 6.43. The van der Waals surface area contributed by atoms with E-state index in [4.69, 9.17) is 5.41 Å². The maximum absolute atomic E-state index is 12.6. The maximum Gasteiger partial charge on any atom is 0.250 e. The fourth-order valence-corrected chi connectivity index (χ4v) is 3.24. The smallest absolute Gasteiger partial charge is 0.250 e. The summed E-state index contributed by atoms with van der Waals surface area (Å²) in [5.41, 5.74) is 0.564. The lowest BCUT2D eigenvalue weighted by Gasteiger charge is -2.24. The number of carbonyl (C=O) groups excluding carboxylic acids is 3. The fraction of sp³-hybridized carbons (Fsp3) is 0.526. The molecule has 1 saturated heterocycles. The van der Waals surface area contributed by atoms with Gasteiger partial charge in [-0.3, -0.25) is 19.8 Å². The van der Waals surface area contributed by atoms with Gasteiger partial charge in [0.05, 0.1) is 12.1 Å². The Balaban J connectivity index is 1.59. The predicted molar refractivity (Wildman–Crippen MR) is 99.9 cm³/mol. The Morgan fingerprint density at radius 2 is 2.07 bits per heavy atom. The topological polar surface area (TPSA) is 117 Å². The highest BCUT2D eigenvalue weighted by Gasteiger charge is 2.34. The molecule has 1 saturated carbocycles. The van der Waals surface area contributed by atoms with E-state index >= 15 is 0 Å².